The molecule has 1 N–H and O–H groups in total. The molecule has 176 valence electrons. The predicted octanol–water partition coefficient (Wildman–Crippen LogP) is 3.87. The molecule has 1 aromatic rings. The van der Waals surface area contributed by atoms with Gasteiger partial charge in [0.25, 0.3) is 11.8 Å². The smallest absolute Gasteiger partial charge is 0.254 e. The Morgan fingerprint density at radius 2 is 1.97 bits per heavy atom. The number of dihydropyridines is 1. The zero-order valence-electron chi connectivity index (χ0n) is 20.2. The van der Waals surface area contributed by atoms with Crippen LogP contribution in [0.1, 0.15) is 66.8 Å². The molecule has 7 heteroatoms. The molecule has 1 fully saturated rings. The molecule has 0 bridgehead atoms. The maximum absolute atomic E-state index is 12.9. The Bertz CT molecular complexity index is 881. The second-order valence-corrected chi connectivity index (χ2v) is 10.2. The van der Waals surface area contributed by atoms with E-state index in [1.807, 2.05) is 25.3 Å². The standard InChI is InChI=1S/C25H38N4O2S/c1-6-20(8-7-9-29-12-10-28(5)11-13-29)23-19(4)22(16-32-23)24(30)26-15-21-17(2)14-18(3)27-25(21)31/h14,16,20-21H,6-13,15H2,1-5H3,(H,26,30). The summed E-state index contributed by atoms with van der Waals surface area (Å²) in [6.07, 6.45) is 5.35. The first-order valence-electron chi connectivity index (χ1n) is 11.8. The zero-order chi connectivity index (χ0) is 23.3. The van der Waals surface area contributed by atoms with E-state index in [0.717, 1.165) is 54.9 Å². The highest BCUT2D eigenvalue weighted by atomic mass is 32.1. The number of nitrogens with zero attached hydrogens (tertiary/aromatic N) is 3. The quantitative estimate of drug-likeness (QED) is 0.610. The van der Waals surface area contributed by atoms with Gasteiger partial charge in [0.05, 0.1) is 11.5 Å². The lowest BCUT2D eigenvalue weighted by Gasteiger charge is -2.32. The molecule has 3 rings (SSSR count). The Morgan fingerprint density at radius 1 is 1.25 bits per heavy atom. The summed E-state index contributed by atoms with van der Waals surface area (Å²) in [5.41, 5.74) is 3.52. The van der Waals surface area contributed by atoms with E-state index in [2.05, 4.69) is 41.0 Å². The highest BCUT2D eigenvalue weighted by Gasteiger charge is 2.25. The minimum Gasteiger partial charge on any atom is -0.351 e. The van der Waals surface area contributed by atoms with Gasteiger partial charge in [0.15, 0.2) is 0 Å². The van der Waals surface area contributed by atoms with Gasteiger partial charge in [0.2, 0.25) is 0 Å². The van der Waals surface area contributed by atoms with Crippen LogP contribution in [0, 0.1) is 12.8 Å². The third-order valence-electron chi connectivity index (χ3n) is 6.85. The van der Waals surface area contributed by atoms with Crippen molar-refractivity contribution >= 4 is 28.9 Å². The van der Waals surface area contributed by atoms with E-state index in [4.69, 9.17) is 0 Å². The summed E-state index contributed by atoms with van der Waals surface area (Å²) in [5, 5.41) is 4.95. The Hall–Kier alpha value is -1.83. The molecule has 1 saturated heterocycles. The molecule has 1 aromatic heterocycles. The van der Waals surface area contributed by atoms with E-state index in [1.165, 1.54) is 24.4 Å². The SMILES string of the molecule is CCC(CCCN1CCN(C)CC1)c1scc(C(=O)NCC2C(=O)N=C(C)C=C2C)c1C. The Morgan fingerprint density at radius 3 is 2.62 bits per heavy atom. The predicted molar refractivity (Wildman–Crippen MR) is 133 cm³/mol. The van der Waals surface area contributed by atoms with Crippen molar-refractivity contribution in [3.05, 3.63) is 33.0 Å². The summed E-state index contributed by atoms with van der Waals surface area (Å²) in [5.74, 6) is -0.128. The molecule has 0 radical (unpaired) electrons. The number of nitrogens with one attached hydrogen (secondary N) is 1. The minimum absolute atomic E-state index is 0.0934. The van der Waals surface area contributed by atoms with E-state index >= 15 is 0 Å². The van der Waals surface area contributed by atoms with E-state index in [1.54, 1.807) is 11.3 Å². The number of piperazine rings is 1. The van der Waals surface area contributed by atoms with Crippen molar-refractivity contribution < 1.29 is 9.59 Å². The fraction of sp³-hybridized carbons (Fsp3) is 0.640. The van der Waals surface area contributed by atoms with Gasteiger partial charge in [-0.15, -0.1) is 11.3 Å². The van der Waals surface area contributed by atoms with Crippen molar-refractivity contribution in [2.75, 3.05) is 46.3 Å². The third kappa shape index (κ3) is 6.15. The molecular formula is C25H38N4O2S. The van der Waals surface area contributed by atoms with Crippen LogP contribution < -0.4 is 5.32 Å². The number of likely N-dealkylation sites (N-methyl/N-ethyl adjacent to an activating group) is 1. The highest BCUT2D eigenvalue weighted by Crippen LogP contribution is 2.34. The van der Waals surface area contributed by atoms with Crippen LogP contribution in [0.2, 0.25) is 0 Å². The molecule has 2 aliphatic rings. The lowest BCUT2D eigenvalue weighted by molar-refractivity contribution is -0.120. The average Bonchev–Trinajstić information content (AvgIpc) is 3.13. The van der Waals surface area contributed by atoms with E-state index < -0.39 is 0 Å². The Labute approximate surface area is 196 Å². The monoisotopic (exact) mass is 458 g/mol. The first-order valence-corrected chi connectivity index (χ1v) is 12.7. The molecular weight excluding hydrogens is 420 g/mol. The summed E-state index contributed by atoms with van der Waals surface area (Å²) < 4.78 is 0. The van der Waals surface area contributed by atoms with Crippen molar-refractivity contribution in [3.8, 4) is 0 Å². The highest BCUT2D eigenvalue weighted by molar-refractivity contribution is 7.10. The van der Waals surface area contributed by atoms with Crippen LogP contribution in [-0.4, -0.2) is 73.6 Å². The fourth-order valence-corrected chi connectivity index (χ4v) is 5.95. The van der Waals surface area contributed by atoms with Gasteiger partial charge in [0, 0.05) is 48.7 Å². The van der Waals surface area contributed by atoms with E-state index in [9.17, 15) is 9.59 Å². The number of hydrogen-bond donors (Lipinski definition) is 1. The normalized spacial score (nSPS) is 21.3. The summed E-state index contributed by atoms with van der Waals surface area (Å²) in [6.45, 7) is 14.2. The van der Waals surface area contributed by atoms with Gasteiger partial charge in [-0.05, 0) is 71.2 Å². The fourth-order valence-electron chi connectivity index (χ4n) is 4.66. The summed E-state index contributed by atoms with van der Waals surface area (Å²) >= 11 is 1.71. The first-order chi connectivity index (χ1) is 15.3. The van der Waals surface area contributed by atoms with Gasteiger partial charge >= 0.3 is 0 Å². The van der Waals surface area contributed by atoms with Crippen LogP contribution in [0.5, 0.6) is 0 Å². The van der Waals surface area contributed by atoms with Crippen LogP contribution in [0.15, 0.2) is 22.0 Å². The van der Waals surface area contributed by atoms with Gasteiger partial charge < -0.3 is 15.1 Å². The van der Waals surface area contributed by atoms with E-state index in [0.29, 0.717) is 12.5 Å². The first kappa shape index (κ1) is 24.8. The second-order valence-electron chi connectivity index (χ2n) is 9.27. The lowest BCUT2D eigenvalue weighted by Crippen LogP contribution is -2.44. The number of allylic oxidation sites excluding steroid dienone is 1. The molecule has 2 amide bonds. The van der Waals surface area contributed by atoms with Crippen molar-refractivity contribution in [1.29, 1.82) is 0 Å². The molecule has 0 spiro atoms. The minimum atomic E-state index is -0.362. The largest absolute Gasteiger partial charge is 0.351 e. The van der Waals surface area contributed by atoms with Gasteiger partial charge in [-0.2, -0.15) is 0 Å². The lowest BCUT2D eigenvalue weighted by atomic mass is 9.94. The zero-order valence-corrected chi connectivity index (χ0v) is 21.1. The molecule has 0 aromatic carbocycles. The molecule has 3 heterocycles. The van der Waals surface area contributed by atoms with Crippen LogP contribution in [-0.2, 0) is 4.79 Å². The average molecular weight is 459 g/mol. The van der Waals surface area contributed by atoms with Crippen LogP contribution >= 0.6 is 11.3 Å². The van der Waals surface area contributed by atoms with Gasteiger partial charge in [-0.25, -0.2) is 4.99 Å². The molecule has 2 aliphatic heterocycles. The Balaban J connectivity index is 1.54. The summed E-state index contributed by atoms with van der Waals surface area (Å²) in [6, 6.07) is 0. The molecule has 0 saturated carbocycles. The number of carbonyl (C=O) groups excluding carboxylic acids is 2. The molecule has 0 aliphatic carbocycles. The topological polar surface area (TPSA) is 65.0 Å². The number of thiophene rings is 1. The van der Waals surface area contributed by atoms with Crippen LogP contribution in [0.25, 0.3) is 0 Å². The van der Waals surface area contributed by atoms with Crippen molar-refractivity contribution in [3.63, 3.8) is 0 Å². The van der Waals surface area contributed by atoms with Gasteiger partial charge in [-0.3, -0.25) is 9.59 Å². The third-order valence-corrected chi connectivity index (χ3v) is 8.09. The maximum atomic E-state index is 12.9. The van der Waals surface area contributed by atoms with Crippen LogP contribution in [0.4, 0.5) is 0 Å². The van der Waals surface area contributed by atoms with Crippen molar-refractivity contribution in [1.82, 2.24) is 15.1 Å². The summed E-state index contributed by atoms with van der Waals surface area (Å²) in [7, 11) is 2.19. The molecule has 2 atom stereocenters. The Kier molecular flexibility index (Phi) is 8.79. The number of rotatable bonds is 9. The van der Waals surface area contributed by atoms with Crippen molar-refractivity contribution in [2.24, 2.45) is 10.9 Å². The number of aliphatic imine (C=N–C) groups is 1. The van der Waals surface area contributed by atoms with Crippen LogP contribution in [0.3, 0.4) is 0 Å². The van der Waals surface area contributed by atoms with Gasteiger partial charge in [-0.1, -0.05) is 12.5 Å². The summed E-state index contributed by atoms with van der Waals surface area (Å²) in [4.78, 5) is 35.4. The van der Waals surface area contributed by atoms with Crippen molar-refractivity contribution in [2.45, 2.75) is 52.9 Å². The van der Waals surface area contributed by atoms with E-state index in [-0.39, 0.29) is 17.7 Å². The molecule has 32 heavy (non-hydrogen) atoms. The second kappa shape index (κ2) is 11.3. The number of carbonyl (C=O) groups is 2. The number of hydrogen-bond acceptors (Lipinski definition) is 5. The molecule has 6 nitrogen and oxygen atoms in total. The van der Waals surface area contributed by atoms with Gasteiger partial charge in [0.1, 0.15) is 0 Å². The number of amides is 2. The maximum Gasteiger partial charge on any atom is 0.254 e. The molecule has 2 unspecified atom stereocenters.